The van der Waals surface area contributed by atoms with Crippen LogP contribution in [0.2, 0.25) is 0 Å². The highest BCUT2D eigenvalue weighted by molar-refractivity contribution is 6.03. The van der Waals surface area contributed by atoms with E-state index in [1.165, 1.54) is 0 Å². The Morgan fingerprint density at radius 3 is 2.17 bits per heavy atom. The van der Waals surface area contributed by atoms with Crippen LogP contribution in [0, 0.1) is 13.8 Å². The first-order chi connectivity index (χ1) is 10.9. The van der Waals surface area contributed by atoms with E-state index in [0.29, 0.717) is 0 Å². The van der Waals surface area contributed by atoms with Crippen LogP contribution in [0.15, 0.2) is 48.5 Å². The third kappa shape index (κ3) is 5.25. The number of aryl methyl sites for hydroxylation is 2. The van der Waals surface area contributed by atoms with Crippen molar-refractivity contribution in [3.8, 4) is 0 Å². The van der Waals surface area contributed by atoms with Gasteiger partial charge in [-0.3, -0.25) is 9.59 Å². The molecule has 0 spiro atoms. The van der Waals surface area contributed by atoms with Gasteiger partial charge in [-0.15, -0.1) is 0 Å². The smallest absolute Gasteiger partial charge is 0.233 e. The molecule has 0 fully saturated rings. The molecule has 120 valence electrons. The number of hydrogen-bond donors (Lipinski definition) is 2. The molecule has 23 heavy (non-hydrogen) atoms. The molecule has 0 aliphatic heterocycles. The van der Waals surface area contributed by atoms with E-state index >= 15 is 0 Å². The molecule has 0 aromatic heterocycles. The third-order valence-corrected chi connectivity index (χ3v) is 3.50. The molecule has 0 aliphatic rings. The molecule has 0 bridgehead atoms. The Kier molecular flexibility index (Phi) is 5.52. The second kappa shape index (κ2) is 7.58. The van der Waals surface area contributed by atoms with Gasteiger partial charge in [0.15, 0.2) is 0 Å². The van der Waals surface area contributed by atoms with E-state index in [0.717, 1.165) is 22.4 Å². The lowest BCUT2D eigenvalue weighted by molar-refractivity contribution is -0.127. The van der Waals surface area contributed by atoms with E-state index in [1.54, 1.807) is 0 Å². The lowest BCUT2D eigenvalue weighted by atomic mass is 10.1. The summed E-state index contributed by atoms with van der Waals surface area (Å²) in [6, 6.07) is 15.3. The Balaban J connectivity index is 1.88. The summed E-state index contributed by atoms with van der Waals surface area (Å²) in [6.45, 7) is 5.84. The van der Waals surface area contributed by atoms with Gasteiger partial charge in [-0.2, -0.15) is 0 Å². The summed E-state index contributed by atoms with van der Waals surface area (Å²) in [7, 11) is 0. The number of anilines is 1. The zero-order valence-electron chi connectivity index (χ0n) is 13.7. The molecule has 2 aromatic rings. The molecule has 0 saturated heterocycles. The molecule has 0 heterocycles. The summed E-state index contributed by atoms with van der Waals surface area (Å²) < 4.78 is 0. The molecule has 0 radical (unpaired) electrons. The first kappa shape index (κ1) is 16.7. The van der Waals surface area contributed by atoms with Crippen molar-refractivity contribution in [2.45, 2.75) is 33.2 Å². The van der Waals surface area contributed by atoms with Gasteiger partial charge >= 0.3 is 0 Å². The van der Waals surface area contributed by atoms with Crippen LogP contribution >= 0.6 is 0 Å². The second-order valence-electron chi connectivity index (χ2n) is 5.80. The van der Waals surface area contributed by atoms with Crippen LogP contribution in [0.5, 0.6) is 0 Å². The summed E-state index contributed by atoms with van der Waals surface area (Å²) in [5, 5.41) is 5.60. The summed E-state index contributed by atoms with van der Waals surface area (Å²) in [5.74, 6) is -0.601. The fourth-order valence-electron chi connectivity index (χ4n) is 2.52. The van der Waals surface area contributed by atoms with Crippen molar-refractivity contribution < 1.29 is 9.59 Å². The van der Waals surface area contributed by atoms with Crippen molar-refractivity contribution in [3.05, 3.63) is 65.2 Å². The average molecular weight is 310 g/mol. The molecule has 4 nitrogen and oxygen atoms in total. The molecule has 2 rings (SSSR count). The van der Waals surface area contributed by atoms with E-state index < -0.39 is 0 Å². The van der Waals surface area contributed by atoms with Crippen molar-refractivity contribution in [2.24, 2.45) is 0 Å². The van der Waals surface area contributed by atoms with Gasteiger partial charge in [-0.05, 0) is 49.6 Å². The van der Waals surface area contributed by atoms with Gasteiger partial charge in [0.1, 0.15) is 6.42 Å². The van der Waals surface area contributed by atoms with Crippen LogP contribution < -0.4 is 10.6 Å². The van der Waals surface area contributed by atoms with Gasteiger partial charge in [0, 0.05) is 5.69 Å². The number of rotatable bonds is 5. The van der Waals surface area contributed by atoms with Crippen molar-refractivity contribution in [1.82, 2.24) is 5.32 Å². The zero-order valence-corrected chi connectivity index (χ0v) is 13.7. The molecule has 4 heteroatoms. The van der Waals surface area contributed by atoms with Gasteiger partial charge < -0.3 is 10.6 Å². The molecule has 1 atom stereocenters. The van der Waals surface area contributed by atoms with Crippen LogP contribution in [-0.2, 0) is 9.59 Å². The first-order valence-electron chi connectivity index (χ1n) is 7.66. The van der Waals surface area contributed by atoms with Crippen molar-refractivity contribution in [3.63, 3.8) is 0 Å². The van der Waals surface area contributed by atoms with Gasteiger partial charge in [-0.1, -0.05) is 36.4 Å². The Morgan fingerprint density at radius 2 is 1.57 bits per heavy atom. The van der Waals surface area contributed by atoms with E-state index in [4.69, 9.17) is 0 Å². The normalized spacial score (nSPS) is 11.6. The SMILES string of the molecule is Cc1cc(C)cc(NC(=O)CC(=O)NC(C)c2ccccc2)c1. The fraction of sp³-hybridized carbons (Fsp3) is 0.263. The number of carbonyl (C=O) groups is 2. The lowest BCUT2D eigenvalue weighted by Crippen LogP contribution is -2.30. The predicted molar refractivity (Wildman–Crippen MR) is 92.2 cm³/mol. The Morgan fingerprint density at radius 1 is 0.957 bits per heavy atom. The third-order valence-electron chi connectivity index (χ3n) is 3.50. The highest BCUT2D eigenvalue weighted by atomic mass is 16.2. The van der Waals surface area contributed by atoms with E-state index in [2.05, 4.69) is 10.6 Å². The summed E-state index contributed by atoms with van der Waals surface area (Å²) in [6.07, 6.45) is -0.190. The number of nitrogens with one attached hydrogen (secondary N) is 2. The lowest BCUT2D eigenvalue weighted by Gasteiger charge is -2.14. The van der Waals surface area contributed by atoms with E-state index in [-0.39, 0.29) is 24.3 Å². The quantitative estimate of drug-likeness (QED) is 0.830. The maximum atomic E-state index is 12.0. The number of benzene rings is 2. The molecule has 2 amide bonds. The maximum absolute atomic E-state index is 12.0. The Hall–Kier alpha value is -2.62. The minimum Gasteiger partial charge on any atom is -0.349 e. The summed E-state index contributed by atoms with van der Waals surface area (Å²) in [5.41, 5.74) is 3.87. The van der Waals surface area contributed by atoms with Crippen LogP contribution in [0.4, 0.5) is 5.69 Å². The first-order valence-corrected chi connectivity index (χ1v) is 7.66. The van der Waals surface area contributed by atoms with Crippen molar-refractivity contribution in [1.29, 1.82) is 0 Å². The van der Waals surface area contributed by atoms with E-state index in [9.17, 15) is 9.59 Å². The van der Waals surface area contributed by atoms with Crippen molar-refractivity contribution in [2.75, 3.05) is 5.32 Å². The fourth-order valence-corrected chi connectivity index (χ4v) is 2.52. The molecule has 2 aromatic carbocycles. The number of hydrogen-bond acceptors (Lipinski definition) is 2. The molecular formula is C19H22N2O2. The van der Waals surface area contributed by atoms with Crippen LogP contribution in [0.1, 0.15) is 36.1 Å². The van der Waals surface area contributed by atoms with Gasteiger partial charge in [0.2, 0.25) is 11.8 Å². The van der Waals surface area contributed by atoms with E-state index in [1.807, 2.05) is 69.3 Å². The standard InChI is InChI=1S/C19H22N2O2/c1-13-9-14(2)11-17(10-13)21-19(23)12-18(22)20-15(3)16-7-5-4-6-8-16/h4-11,15H,12H2,1-3H3,(H,20,22)(H,21,23). The highest BCUT2D eigenvalue weighted by Gasteiger charge is 2.13. The number of carbonyl (C=O) groups excluding carboxylic acids is 2. The second-order valence-corrected chi connectivity index (χ2v) is 5.80. The molecule has 0 saturated carbocycles. The highest BCUT2D eigenvalue weighted by Crippen LogP contribution is 2.14. The molecular weight excluding hydrogens is 288 g/mol. The number of amides is 2. The monoisotopic (exact) mass is 310 g/mol. The van der Waals surface area contributed by atoms with Crippen LogP contribution in [0.25, 0.3) is 0 Å². The predicted octanol–water partition coefficient (Wildman–Crippen LogP) is 3.51. The van der Waals surface area contributed by atoms with Crippen molar-refractivity contribution >= 4 is 17.5 Å². The summed E-state index contributed by atoms with van der Waals surface area (Å²) in [4.78, 5) is 24.0. The Labute approximate surface area is 136 Å². The van der Waals surface area contributed by atoms with Gasteiger partial charge in [0.25, 0.3) is 0 Å². The van der Waals surface area contributed by atoms with Gasteiger partial charge in [0.05, 0.1) is 6.04 Å². The molecule has 0 aliphatic carbocycles. The maximum Gasteiger partial charge on any atom is 0.233 e. The largest absolute Gasteiger partial charge is 0.349 e. The summed E-state index contributed by atoms with van der Waals surface area (Å²) >= 11 is 0. The Bertz CT molecular complexity index is 676. The van der Waals surface area contributed by atoms with Crippen LogP contribution in [0.3, 0.4) is 0 Å². The minimum absolute atomic E-state index is 0.127. The average Bonchev–Trinajstić information content (AvgIpc) is 2.46. The molecule has 1 unspecified atom stereocenters. The van der Waals surface area contributed by atoms with Gasteiger partial charge in [-0.25, -0.2) is 0 Å². The van der Waals surface area contributed by atoms with Crippen LogP contribution in [-0.4, -0.2) is 11.8 Å². The molecule has 2 N–H and O–H groups in total. The topological polar surface area (TPSA) is 58.2 Å². The minimum atomic E-state index is -0.312. The zero-order chi connectivity index (χ0) is 16.8.